The van der Waals surface area contributed by atoms with Crippen molar-refractivity contribution in [2.24, 2.45) is 0 Å². The molecule has 0 unspecified atom stereocenters. The highest BCUT2D eigenvalue weighted by atomic mass is 16.3. The van der Waals surface area contributed by atoms with E-state index in [9.17, 15) is 10.1 Å². The lowest BCUT2D eigenvalue weighted by Gasteiger charge is -2.26. The fourth-order valence-corrected chi connectivity index (χ4v) is 4.11. The van der Waals surface area contributed by atoms with Crippen LogP contribution in [-0.4, -0.2) is 35.0 Å². The first-order valence-corrected chi connectivity index (χ1v) is 10.1. The Hall–Kier alpha value is -2.52. The number of hydrogen-bond donors (Lipinski definition) is 1. The van der Waals surface area contributed by atoms with Crippen LogP contribution in [0.15, 0.2) is 22.8 Å². The third kappa shape index (κ3) is 4.48. The van der Waals surface area contributed by atoms with Gasteiger partial charge in [-0.3, -0.25) is 9.69 Å². The van der Waals surface area contributed by atoms with E-state index < -0.39 is 0 Å². The standard InChI is InChI=1S/C22H30N4O2/c1-16-17(2)26(14-19-11-8-12-28-19)22(20(16)13-23)24-21(27)15-25(3)18-9-6-4-5-7-10-18/h8,11-12,18H,4-7,9-10,14-15H2,1-3H3,(H,24,27). The van der Waals surface area contributed by atoms with E-state index in [1.807, 2.05) is 37.6 Å². The lowest BCUT2D eigenvalue weighted by molar-refractivity contribution is -0.117. The van der Waals surface area contributed by atoms with E-state index >= 15 is 0 Å². The van der Waals surface area contributed by atoms with Crippen molar-refractivity contribution >= 4 is 11.7 Å². The zero-order valence-corrected chi connectivity index (χ0v) is 17.1. The molecule has 1 saturated carbocycles. The van der Waals surface area contributed by atoms with Crippen LogP contribution in [0.1, 0.15) is 61.1 Å². The molecule has 2 aromatic rings. The lowest BCUT2D eigenvalue weighted by atomic mass is 10.1. The number of likely N-dealkylation sites (N-methyl/N-ethyl adjacent to an activating group) is 1. The zero-order valence-electron chi connectivity index (χ0n) is 17.1. The van der Waals surface area contributed by atoms with Crippen LogP contribution in [0.2, 0.25) is 0 Å². The molecule has 0 saturated heterocycles. The molecule has 150 valence electrons. The summed E-state index contributed by atoms with van der Waals surface area (Å²) in [4.78, 5) is 15.0. The van der Waals surface area contributed by atoms with Crippen LogP contribution in [0, 0.1) is 25.2 Å². The minimum absolute atomic E-state index is 0.0820. The Morgan fingerprint density at radius 3 is 2.64 bits per heavy atom. The van der Waals surface area contributed by atoms with Gasteiger partial charge in [-0.15, -0.1) is 0 Å². The maximum Gasteiger partial charge on any atom is 0.239 e. The Balaban J connectivity index is 1.75. The third-order valence-electron chi connectivity index (χ3n) is 5.93. The van der Waals surface area contributed by atoms with Crippen molar-refractivity contribution in [3.8, 4) is 6.07 Å². The molecule has 0 spiro atoms. The fraction of sp³-hybridized carbons (Fsp3) is 0.545. The van der Waals surface area contributed by atoms with E-state index in [1.165, 1.54) is 25.7 Å². The second-order valence-electron chi connectivity index (χ2n) is 7.82. The summed E-state index contributed by atoms with van der Waals surface area (Å²) in [6.45, 7) is 4.70. The number of nitrogens with one attached hydrogen (secondary N) is 1. The SMILES string of the molecule is Cc1c(C#N)c(NC(=O)CN(C)C2CCCCCC2)n(Cc2ccco2)c1C. The predicted molar refractivity (Wildman–Crippen MR) is 109 cm³/mol. The molecule has 0 atom stereocenters. The predicted octanol–water partition coefficient (Wildman–Crippen LogP) is 4.21. The topological polar surface area (TPSA) is 74.2 Å². The van der Waals surface area contributed by atoms with Gasteiger partial charge in [-0.1, -0.05) is 25.7 Å². The zero-order chi connectivity index (χ0) is 20.1. The first-order valence-electron chi connectivity index (χ1n) is 10.1. The number of carbonyl (C=O) groups excluding carboxylic acids is 1. The maximum absolute atomic E-state index is 12.8. The van der Waals surface area contributed by atoms with E-state index in [1.54, 1.807) is 6.26 Å². The summed E-state index contributed by atoms with van der Waals surface area (Å²) in [5.74, 6) is 1.27. The molecule has 0 bridgehead atoms. The smallest absolute Gasteiger partial charge is 0.239 e. The van der Waals surface area contributed by atoms with Crippen LogP contribution in [0.3, 0.4) is 0 Å². The van der Waals surface area contributed by atoms with Crippen molar-refractivity contribution in [1.29, 1.82) is 5.26 Å². The number of anilines is 1. The molecule has 1 N–H and O–H groups in total. The maximum atomic E-state index is 12.8. The van der Waals surface area contributed by atoms with Crippen molar-refractivity contribution in [3.63, 3.8) is 0 Å². The summed E-state index contributed by atoms with van der Waals surface area (Å²) in [7, 11) is 2.03. The normalized spacial score (nSPS) is 15.4. The van der Waals surface area contributed by atoms with Gasteiger partial charge in [0.05, 0.1) is 24.9 Å². The summed E-state index contributed by atoms with van der Waals surface area (Å²) in [5.41, 5.74) is 2.37. The molecule has 1 aliphatic rings. The minimum Gasteiger partial charge on any atom is -0.467 e. The molecule has 6 heteroatoms. The second kappa shape index (κ2) is 9.11. The molecule has 6 nitrogen and oxygen atoms in total. The first kappa shape index (κ1) is 20.2. The Morgan fingerprint density at radius 1 is 1.32 bits per heavy atom. The van der Waals surface area contributed by atoms with E-state index in [0.717, 1.165) is 29.9 Å². The Morgan fingerprint density at radius 2 is 2.04 bits per heavy atom. The lowest BCUT2D eigenvalue weighted by Crippen LogP contribution is -2.38. The van der Waals surface area contributed by atoms with E-state index in [2.05, 4.69) is 16.3 Å². The molecule has 3 rings (SSSR count). The third-order valence-corrected chi connectivity index (χ3v) is 5.93. The van der Waals surface area contributed by atoms with Crippen LogP contribution in [0.5, 0.6) is 0 Å². The number of furan rings is 1. The van der Waals surface area contributed by atoms with Crippen LogP contribution in [0.25, 0.3) is 0 Å². The summed E-state index contributed by atoms with van der Waals surface area (Å²) < 4.78 is 7.42. The number of rotatable bonds is 6. The second-order valence-corrected chi connectivity index (χ2v) is 7.82. The van der Waals surface area contributed by atoms with E-state index in [-0.39, 0.29) is 5.91 Å². The highest BCUT2D eigenvalue weighted by Gasteiger charge is 2.23. The van der Waals surface area contributed by atoms with Gasteiger partial charge >= 0.3 is 0 Å². The number of carbonyl (C=O) groups is 1. The average molecular weight is 383 g/mol. The highest BCUT2D eigenvalue weighted by molar-refractivity contribution is 5.93. The van der Waals surface area contributed by atoms with Gasteiger partial charge in [-0.05, 0) is 51.4 Å². The monoisotopic (exact) mass is 382 g/mol. The number of amides is 1. The minimum atomic E-state index is -0.0820. The molecule has 1 fully saturated rings. The van der Waals surface area contributed by atoms with E-state index in [4.69, 9.17) is 4.42 Å². The van der Waals surface area contributed by atoms with Gasteiger partial charge in [-0.25, -0.2) is 0 Å². The quantitative estimate of drug-likeness (QED) is 0.760. The molecule has 0 radical (unpaired) electrons. The van der Waals surface area contributed by atoms with Gasteiger partial charge in [0, 0.05) is 11.7 Å². The largest absolute Gasteiger partial charge is 0.467 e. The van der Waals surface area contributed by atoms with Crippen LogP contribution in [0.4, 0.5) is 5.82 Å². The first-order chi connectivity index (χ1) is 13.5. The Kier molecular flexibility index (Phi) is 6.58. The summed E-state index contributed by atoms with van der Waals surface area (Å²) in [5, 5.41) is 12.7. The molecular weight excluding hydrogens is 352 g/mol. The van der Waals surface area contributed by atoms with Gasteiger partial charge in [0.15, 0.2) is 0 Å². The molecule has 0 aliphatic heterocycles. The van der Waals surface area contributed by atoms with Crippen molar-refractivity contribution in [3.05, 3.63) is 41.0 Å². The molecule has 1 aliphatic carbocycles. The summed E-state index contributed by atoms with van der Waals surface area (Å²) >= 11 is 0. The van der Waals surface area contributed by atoms with Gasteiger partial charge < -0.3 is 14.3 Å². The molecule has 2 aromatic heterocycles. The molecule has 0 aromatic carbocycles. The number of aromatic nitrogens is 1. The Labute approximate surface area is 167 Å². The van der Waals surface area contributed by atoms with Crippen LogP contribution >= 0.6 is 0 Å². The van der Waals surface area contributed by atoms with Gasteiger partial charge in [-0.2, -0.15) is 5.26 Å². The molecule has 2 heterocycles. The van der Waals surface area contributed by atoms with Crippen molar-refractivity contribution in [1.82, 2.24) is 9.47 Å². The van der Waals surface area contributed by atoms with Crippen molar-refractivity contribution < 1.29 is 9.21 Å². The fourth-order valence-electron chi connectivity index (χ4n) is 4.11. The van der Waals surface area contributed by atoms with Crippen LogP contribution < -0.4 is 5.32 Å². The van der Waals surface area contributed by atoms with Crippen molar-refractivity contribution in [2.45, 2.75) is 65.0 Å². The summed E-state index contributed by atoms with van der Waals surface area (Å²) in [6, 6.07) is 6.45. The molecule has 28 heavy (non-hydrogen) atoms. The summed E-state index contributed by atoms with van der Waals surface area (Å²) in [6.07, 6.45) is 8.99. The van der Waals surface area contributed by atoms with Gasteiger partial charge in [0.25, 0.3) is 0 Å². The van der Waals surface area contributed by atoms with E-state index in [0.29, 0.717) is 30.5 Å². The average Bonchev–Trinajstić information content (AvgIpc) is 3.13. The van der Waals surface area contributed by atoms with Gasteiger partial charge in [0.1, 0.15) is 17.6 Å². The highest BCUT2D eigenvalue weighted by Crippen LogP contribution is 2.28. The number of hydrogen-bond acceptors (Lipinski definition) is 4. The number of nitriles is 1. The van der Waals surface area contributed by atoms with Crippen LogP contribution in [-0.2, 0) is 11.3 Å². The Bertz CT molecular complexity index is 837. The number of nitrogens with zero attached hydrogens (tertiary/aromatic N) is 3. The molecular formula is C22H30N4O2. The van der Waals surface area contributed by atoms with Gasteiger partial charge in [0.2, 0.25) is 5.91 Å². The van der Waals surface area contributed by atoms with Crippen molar-refractivity contribution in [2.75, 3.05) is 18.9 Å². The molecule has 1 amide bonds.